The lowest BCUT2D eigenvalue weighted by Gasteiger charge is -2.29. The number of aromatic nitrogens is 2. The van der Waals surface area contributed by atoms with Gasteiger partial charge in [0, 0.05) is 26.3 Å². The summed E-state index contributed by atoms with van der Waals surface area (Å²) in [5.41, 5.74) is 3.17. The van der Waals surface area contributed by atoms with E-state index in [1.807, 2.05) is 34.7 Å². The number of rotatable bonds is 6. The molecule has 1 aromatic heterocycles. The van der Waals surface area contributed by atoms with Crippen LogP contribution in [0.5, 0.6) is 5.75 Å². The molecular weight excluding hydrogens is 500 g/mol. The first kappa shape index (κ1) is 29.7. The minimum Gasteiger partial charge on any atom is -0.491 e. The SMILES string of the molecule is CC[C@H](C)[C@@H]1NC(=O)C[C@@H](C(=O)NCCc2c(C)nn(C)c2C)NC(=O)c2ccccc2OCCN(C)C1=O. The second-order valence-electron chi connectivity index (χ2n) is 10.1. The van der Waals surface area contributed by atoms with E-state index in [9.17, 15) is 19.2 Å². The van der Waals surface area contributed by atoms with Crippen molar-refractivity contribution in [3.8, 4) is 5.75 Å². The minimum absolute atomic E-state index is 0.133. The summed E-state index contributed by atoms with van der Waals surface area (Å²) in [5, 5.41) is 12.8. The van der Waals surface area contributed by atoms with Crippen molar-refractivity contribution >= 4 is 23.6 Å². The second-order valence-corrected chi connectivity index (χ2v) is 10.1. The van der Waals surface area contributed by atoms with Gasteiger partial charge in [-0.05, 0) is 43.9 Å². The maximum atomic E-state index is 13.3. The van der Waals surface area contributed by atoms with Crippen molar-refractivity contribution in [3.63, 3.8) is 0 Å². The molecule has 3 N–H and O–H groups in total. The van der Waals surface area contributed by atoms with E-state index in [2.05, 4.69) is 21.0 Å². The molecule has 4 amide bonds. The Morgan fingerprint density at radius 2 is 1.90 bits per heavy atom. The van der Waals surface area contributed by atoms with Gasteiger partial charge in [-0.1, -0.05) is 32.4 Å². The van der Waals surface area contributed by atoms with Crippen LogP contribution in [0, 0.1) is 19.8 Å². The number of hydrogen-bond donors (Lipinski definition) is 3. The average Bonchev–Trinajstić information content (AvgIpc) is 3.15. The van der Waals surface area contributed by atoms with E-state index in [1.165, 1.54) is 4.90 Å². The van der Waals surface area contributed by atoms with E-state index in [4.69, 9.17) is 4.74 Å². The third-order valence-corrected chi connectivity index (χ3v) is 7.33. The number of aryl methyl sites for hydroxylation is 2. The number of nitrogens with zero attached hydrogens (tertiary/aromatic N) is 3. The molecule has 2 aromatic rings. The summed E-state index contributed by atoms with van der Waals surface area (Å²) in [4.78, 5) is 54.4. The highest BCUT2D eigenvalue weighted by atomic mass is 16.5. The molecule has 0 spiro atoms. The zero-order valence-corrected chi connectivity index (χ0v) is 23.7. The Morgan fingerprint density at radius 1 is 1.18 bits per heavy atom. The molecule has 1 aliphatic rings. The fourth-order valence-electron chi connectivity index (χ4n) is 4.58. The number of carbonyl (C=O) groups excluding carboxylic acids is 4. The molecule has 0 saturated carbocycles. The van der Waals surface area contributed by atoms with Gasteiger partial charge in [0.1, 0.15) is 24.4 Å². The van der Waals surface area contributed by atoms with Crippen molar-refractivity contribution in [2.75, 3.05) is 26.7 Å². The fraction of sp³-hybridized carbons (Fsp3) is 0.536. The molecule has 1 aromatic carbocycles. The van der Waals surface area contributed by atoms with Gasteiger partial charge in [0.2, 0.25) is 17.7 Å². The van der Waals surface area contributed by atoms with Gasteiger partial charge in [-0.25, -0.2) is 0 Å². The standard InChI is InChI=1S/C28H40N6O5/c1-7-17(2)25-28(38)33(5)14-15-39-23-11-9-8-10-21(23)26(36)30-22(16-24(35)31-25)27(37)29-13-12-20-18(3)32-34(6)19(20)4/h8-11,17,22,25H,7,12-16H2,1-6H3,(H,29,37)(H,30,36)(H,31,35)/t17-,22-,25-/m0/s1. The summed E-state index contributed by atoms with van der Waals surface area (Å²) >= 11 is 0. The van der Waals surface area contributed by atoms with Gasteiger partial charge in [-0.3, -0.25) is 23.9 Å². The van der Waals surface area contributed by atoms with Gasteiger partial charge in [-0.15, -0.1) is 0 Å². The molecule has 1 aliphatic heterocycles. The van der Waals surface area contributed by atoms with Crippen molar-refractivity contribution in [2.45, 2.75) is 59.0 Å². The Hall–Kier alpha value is -3.89. The van der Waals surface area contributed by atoms with Gasteiger partial charge in [0.15, 0.2) is 0 Å². The molecule has 39 heavy (non-hydrogen) atoms. The first-order valence-electron chi connectivity index (χ1n) is 13.4. The van der Waals surface area contributed by atoms with E-state index in [-0.39, 0.29) is 37.0 Å². The Balaban J connectivity index is 1.84. The van der Waals surface area contributed by atoms with Crippen LogP contribution in [0.2, 0.25) is 0 Å². The number of ether oxygens (including phenoxy) is 1. The summed E-state index contributed by atoms with van der Waals surface area (Å²) in [6.07, 6.45) is 0.898. The Morgan fingerprint density at radius 3 is 2.56 bits per heavy atom. The van der Waals surface area contributed by atoms with Crippen LogP contribution in [0.15, 0.2) is 24.3 Å². The number of amides is 4. The summed E-state index contributed by atoms with van der Waals surface area (Å²) in [6, 6.07) is 4.76. The van der Waals surface area contributed by atoms with Gasteiger partial charge in [-0.2, -0.15) is 5.10 Å². The lowest BCUT2D eigenvalue weighted by molar-refractivity contribution is -0.137. The van der Waals surface area contributed by atoms with Crippen LogP contribution < -0.4 is 20.7 Å². The predicted molar refractivity (Wildman–Crippen MR) is 146 cm³/mol. The first-order chi connectivity index (χ1) is 18.5. The van der Waals surface area contributed by atoms with Crippen LogP contribution in [-0.4, -0.2) is 77.1 Å². The zero-order valence-electron chi connectivity index (χ0n) is 23.7. The normalized spacial score (nSPS) is 19.7. The lowest BCUT2D eigenvalue weighted by Crippen LogP contribution is -2.54. The largest absolute Gasteiger partial charge is 0.491 e. The summed E-state index contributed by atoms with van der Waals surface area (Å²) in [5.74, 6) is -1.56. The molecule has 3 rings (SSSR count). The number of benzene rings is 1. The highest BCUT2D eigenvalue weighted by molar-refractivity contribution is 6.01. The third kappa shape index (κ3) is 7.36. The number of hydrogen-bond acceptors (Lipinski definition) is 6. The van der Waals surface area contributed by atoms with Crippen LogP contribution in [-0.2, 0) is 27.9 Å². The highest BCUT2D eigenvalue weighted by Crippen LogP contribution is 2.19. The number of fused-ring (bicyclic) bond motifs is 1. The maximum absolute atomic E-state index is 13.3. The van der Waals surface area contributed by atoms with E-state index >= 15 is 0 Å². The predicted octanol–water partition coefficient (Wildman–Crippen LogP) is 1.27. The second kappa shape index (κ2) is 13.3. The van der Waals surface area contributed by atoms with Crippen LogP contribution in [0.3, 0.4) is 0 Å². The lowest BCUT2D eigenvalue weighted by atomic mass is 9.97. The Bertz CT molecular complexity index is 1210. The van der Waals surface area contributed by atoms with Gasteiger partial charge >= 0.3 is 0 Å². The Kier molecular flexibility index (Phi) is 10.1. The summed E-state index contributed by atoms with van der Waals surface area (Å²) in [6.45, 7) is 8.45. The quantitative estimate of drug-likeness (QED) is 0.505. The molecule has 0 saturated heterocycles. The molecule has 0 radical (unpaired) electrons. The molecule has 0 aliphatic carbocycles. The molecule has 11 nitrogen and oxygen atoms in total. The van der Waals surface area contributed by atoms with Crippen LogP contribution in [0.25, 0.3) is 0 Å². The molecule has 212 valence electrons. The van der Waals surface area contributed by atoms with Gasteiger partial charge in [0.05, 0.1) is 24.2 Å². The van der Waals surface area contributed by atoms with E-state index in [0.29, 0.717) is 25.1 Å². The molecule has 11 heteroatoms. The van der Waals surface area contributed by atoms with Crippen LogP contribution in [0.4, 0.5) is 0 Å². The first-order valence-corrected chi connectivity index (χ1v) is 13.4. The average molecular weight is 541 g/mol. The number of para-hydroxylation sites is 1. The van der Waals surface area contributed by atoms with Crippen molar-refractivity contribution in [1.29, 1.82) is 0 Å². The van der Waals surface area contributed by atoms with E-state index in [1.54, 1.807) is 36.0 Å². The topological polar surface area (TPSA) is 135 Å². The number of nitrogens with one attached hydrogen (secondary N) is 3. The van der Waals surface area contributed by atoms with Gasteiger partial charge in [0.25, 0.3) is 5.91 Å². The number of likely N-dealkylation sites (N-methyl/N-ethyl adjacent to an activating group) is 1. The third-order valence-electron chi connectivity index (χ3n) is 7.33. The molecule has 0 fully saturated rings. The van der Waals surface area contributed by atoms with Crippen molar-refractivity contribution in [1.82, 2.24) is 30.6 Å². The number of carbonyl (C=O) groups is 4. The maximum Gasteiger partial charge on any atom is 0.255 e. The molecule has 0 unspecified atom stereocenters. The van der Waals surface area contributed by atoms with Crippen molar-refractivity contribution in [2.24, 2.45) is 13.0 Å². The Labute approximate surface area is 229 Å². The highest BCUT2D eigenvalue weighted by Gasteiger charge is 2.32. The smallest absolute Gasteiger partial charge is 0.255 e. The summed E-state index contributed by atoms with van der Waals surface area (Å²) < 4.78 is 7.64. The fourth-order valence-corrected chi connectivity index (χ4v) is 4.58. The van der Waals surface area contributed by atoms with Crippen molar-refractivity contribution in [3.05, 3.63) is 46.8 Å². The van der Waals surface area contributed by atoms with Crippen molar-refractivity contribution < 1.29 is 23.9 Å². The zero-order chi connectivity index (χ0) is 28.7. The molecular formula is C28H40N6O5. The summed E-state index contributed by atoms with van der Waals surface area (Å²) in [7, 11) is 3.52. The van der Waals surface area contributed by atoms with Crippen LogP contribution in [0.1, 0.15) is 54.0 Å². The van der Waals surface area contributed by atoms with E-state index < -0.39 is 29.8 Å². The van der Waals surface area contributed by atoms with E-state index in [0.717, 1.165) is 17.0 Å². The monoisotopic (exact) mass is 540 g/mol. The molecule has 3 atom stereocenters. The minimum atomic E-state index is -1.16. The van der Waals surface area contributed by atoms with Crippen LogP contribution >= 0.6 is 0 Å². The van der Waals surface area contributed by atoms with Gasteiger partial charge < -0.3 is 25.6 Å². The molecule has 2 heterocycles. The molecule has 0 bridgehead atoms.